The van der Waals surface area contributed by atoms with Crippen LogP contribution in [0.15, 0.2) is 0 Å². The predicted molar refractivity (Wildman–Crippen MR) is 107 cm³/mol. The van der Waals surface area contributed by atoms with Crippen molar-refractivity contribution in [1.82, 2.24) is 13.3 Å². The molecule has 1 rings (SSSR count). The van der Waals surface area contributed by atoms with Crippen LogP contribution in [-0.2, 0) is 30.1 Å². The van der Waals surface area contributed by atoms with Gasteiger partial charge in [-0.2, -0.15) is 43.8 Å². The normalized spacial score (nSPS) is 19.0. The summed E-state index contributed by atoms with van der Waals surface area (Å²) in [4.78, 5) is 1.87. The van der Waals surface area contributed by atoms with Gasteiger partial charge in [0.15, 0.2) is 0 Å². The van der Waals surface area contributed by atoms with Gasteiger partial charge in [0.05, 0.1) is 0 Å². The largest absolute Gasteiger partial charge is 0.512 e. The van der Waals surface area contributed by atoms with Gasteiger partial charge in [-0.15, -0.1) is 0 Å². The van der Waals surface area contributed by atoms with Crippen molar-refractivity contribution in [2.24, 2.45) is 0 Å². The second-order valence-electron chi connectivity index (χ2n) is 8.41. The van der Waals surface area contributed by atoms with E-state index in [9.17, 15) is 64.8 Å². The molecular weight excluding hydrogens is 585 g/mol. The van der Waals surface area contributed by atoms with Crippen molar-refractivity contribution in [3.63, 3.8) is 0 Å². The maximum absolute atomic E-state index is 14.4. The van der Waals surface area contributed by atoms with Crippen LogP contribution in [0, 0.1) is 0 Å². The van der Waals surface area contributed by atoms with Crippen LogP contribution in [0.4, 0.5) is 39.5 Å². The molecule has 36 heavy (non-hydrogen) atoms. The lowest BCUT2D eigenvalue weighted by atomic mass is 10.0. The van der Waals surface area contributed by atoms with E-state index in [-0.39, 0.29) is 29.2 Å². The number of hydrogen-bond donors (Lipinski definition) is 1. The van der Waals surface area contributed by atoms with Crippen LogP contribution >= 0.6 is 0 Å². The van der Waals surface area contributed by atoms with Crippen LogP contribution in [0.25, 0.3) is 0 Å². The second kappa shape index (κ2) is 10.0. The fourth-order valence-electron chi connectivity index (χ4n) is 3.73. The van der Waals surface area contributed by atoms with Gasteiger partial charge in [-0.3, -0.25) is 4.90 Å². The van der Waals surface area contributed by atoms with Crippen molar-refractivity contribution >= 4 is 30.1 Å². The maximum atomic E-state index is 14.4. The number of hydrogen-bond acceptors (Lipinski definition) is 7. The summed E-state index contributed by atoms with van der Waals surface area (Å²) in [6.45, 7) is 5.38. The van der Waals surface area contributed by atoms with Crippen LogP contribution in [-0.4, -0.2) is 87.6 Å². The van der Waals surface area contributed by atoms with Gasteiger partial charge in [0.25, 0.3) is 20.0 Å². The summed E-state index contributed by atoms with van der Waals surface area (Å²) in [5.41, 5.74) is -6.62. The minimum Gasteiger partial charge on any atom is -0.295 e. The highest BCUT2D eigenvalue weighted by atomic mass is 32.3. The molecule has 0 aromatic rings. The predicted octanol–water partition coefficient (Wildman–Crippen LogP) is 2.49. The minimum absolute atomic E-state index is 0.103. The Morgan fingerprint density at radius 2 is 1.11 bits per heavy atom. The van der Waals surface area contributed by atoms with Crippen molar-refractivity contribution in [3.8, 4) is 0 Å². The van der Waals surface area contributed by atoms with Crippen molar-refractivity contribution < 1.29 is 64.8 Å². The van der Waals surface area contributed by atoms with E-state index in [4.69, 9.17) is 0 Å². The summed E-state index contributed by atoms with van der Waals surface area (Å²) in [6.07, 6.45) is -0.394. The van der Waals surface area contributed by atoms with Gasteiger partial charge >= 0.3 is 32.0 Å². The molecule has 1 saturated heterocycles. The van der Waals surface area contributed by atoms with E-state index < -0.39 is 75.3 Å². The van der Waals surface area contributed by atoms with Crippen LogP contribution in [0.1, 0.15) is 40.5 Å². The van der Waals surface area contributed by atoms with Gasteiger partial charge in [-0.25, -0.2) is 25.3 Å². The second-order valence-corrected chi connectivity index (χ2v) is 14.0. The first kappa shape index (κ1) is 33.1. The summed E-state index contributed by atoms with van der Waals surface area (Å²) < 4.78 is 190. The first-order chi connectivity index (χ1) is 15.7. The summed E-state index contributed by atoms with van der Waals surface area (Å²) in [7, 11) is -21.8. The number of rotatable bonds is 10. The average Bonchev–Trinajstić information content (AvgIpc) is 2.65. The fourth-order valence-corrected chi connectivity index (χ4v) is 7.68. The third-order valence-electron chi connectivity index (χ3n) is 5.29. The molecule has 21 heteroatoms. The smallest absolute Gasteiger partial charge is 0.295 e. The summed E-state index contributed by atoms with van der Waals surface area (Å²) in [5, 5.41) is -14.2. The third kappa shape index (κ3) is 5.59. The highest BCUT2D eigenvalue weighted by Crippen LogP contribution is 2.52. The SMILES string of the molecule is CC(C)N(C(C)C)C1CCN(S(=O)(=O)C(F)(F)C(F)(F)C(F)(F)S(=O)(=O)NS(=O)(=O)C(F)(F)F)CC1. The first-order valence-electron chi connectivity index (χ1n) is 9.94. The van der Waals surface area contributed by atoms with E-state index in [1.165, 1.54) is 0 Å². The molecule has 9 nitrogen and oxygen atoms in total. The Morgan fingerprint density at radius 3 is 1.44 bits per heavy atom. The Morgan fingerprint density at radius 1 is 0.722 bits per heavy atom. The Labute approximate surface area is 202 Å². The van der Waals surface area contributed by atoms with E-state index in [1.54, 1.807) is 27.7 Å². The number of halogens is 9. The van der Waals surface area contributed by atoms with Gasteiger partial charge in [0, 0.05) is 31.2 Å². The Kier molecular flexibility index (Phi) is 9.21. The van der Waals surface area contributed by atoms with Crippen LogP contribution in [0.3, 0.4) is 0 Å². The van der Waals surface area contributed by atoms with Crippen molar-refractivity contribution in [2.45, 2.75) is 80.6 Å². The van der Waals surface area contributed by atoms with Crippen molar-refractivity contribution in [3.05, 3.63) is 0 Å². The number of piperidine rings is 1. The molecule has 1 heterocycles. The lowest BCUT2D eigenvalue weighted by Crippen LogP contribution is -2.66. The van der Waals surface area contributed by atoms with E-state index in [2.05, 4.69) is 0 Å². The molecule has 0 aromatic heterocycles. The first-order valence-corrected chi connectivity index (χ1v) is 14.3. The highest BCUT2D eigenvalue weighted by Gasteiger charge is 2.83. The van der Waals surface area contributed by atoms with Crippen LogP contribution in [0.2, 0.25) is 0 Å². The number of sulfonamides is 3. The molecule has 0 unspecified atom stereocenters. The van der Waals surface area contributed by atoms with Crippen molar-refractivity contribution in [1.29, 1.82) is 0 Å². The van der Waals surface area contributed by atoms with Gasteiger partial charge < -0.3 is 0 Å². The number of nitrogens with zero attached hydrogens (tertiary/aromatic N) is 2. The van der Waals surface area contributed by atoms with E-state index in [1.807, 2.05) is 4.90 Å². The molecule has 216 valence electrons. The van der Waals surface area contributed by atoms with Gasteiger partial charge in [-0.05, 0) is 40.5 Å². The van der Waals surface area contributed by atoms with Crippen molar-refractivity contribution in [2.75, 3.05) is 13.1 Å². The van der Waals surface area contributed by atoms with Crippen LogP contribution in [0.5, 0.6) is 0 Å². The van der Waals surface area contributed by atoms with E-state index >= 15 is 0 Å². The molecule has 0 aliphatic carbocycles. The zero-order chi connectivity index (χ0) is 28.9. The standard InChI is InChI=1S/C15H24F9N3O6S3/c1-9(2)27(10(3)4)11-5-7-26(8-6-11)36(32,33)14(20,21)12(16,17)13(18,19)34(28,29)25-35(30,31)15(22,23)24/h9-11,25H,5-8H2,1-4H3. The summed E-state index contributed by atoms with van der Waals surface area (Å²) in [5.74, 6) is -7.41. The zero-order valence-corrected chi connectivity index (χ0v) is 21.5. The fraction of sp³-hybridized carbons (Fsp3) is 1.00. The number of alkyl halides is 9. The quantitative estimate of drug-likeness (QED) is 0.378. The highest BCUT2D eigenvalue weighted by molar-refractivity contribution is 8.05. The molecule has 0 aromatic carbocycles. The lowest BCUT2D eigenvalue weighted by molar-refractivity contribution is -0.245. The molecule has 0 saturated carbocycles. The van der Waals surface area contributed by atoms with E-state index in [0.29, 0.717) is 0 Å². The molecule has 1 N–H and O–H groups in total. The maximum Gasteiger partial charge on any atom is 0.512 e. The molecule has 0 bridgehead atoms. The third-order valence-corrected chi connectivity index (χ3v) is 10.5. The molecule has 1 aliphatic rings. The Hall–Kier alpha value is -0.900. The minimum atomic E-state index is -7.78. The van der Waals surface area contributed by atoms with E-state index in [0.717, 1.165) is 0 Å². The van der Waals surface area contributed by atoms with Crippen LogP contribution < -0.4 is 4.13 Å². The molecule has 1 aliphatic heterocycles. The monoisotopic (exact) mass is 609 g/mol. The number of nitrogens with one attached hydrogen (secondary N) is 1. The van der Waals surface area contributed by atoms with Gasteiger partial charge in [0.1, 0.15) is 0 Å². The lowest BCUT2D eigenvalue weighted by Gasteiger charge is -2.43. The zero-order valence-electron chi connectivity index (χ0n) is 19.0. The molecule has 0 atom stereocenters. The molecule has 0 amide bonds. The topological polar surface area (TPSA) is 121 Å². The Balaban J connectivity index is 3.34. The Bertz CT molecular complexity index is 1110. The molecular formula is C15H24F9N3O6S3. The van der Waals surface area contributed by atoms with Gasteiger partial charge in [-0.1, -0.05) is 4.13 Å². The molecule has 0 radical (unpaired) electrons. The van der Waals surface area contributed by atoms with Gasteiger partial charge in [0.2, 0.25) is 0 Å². The molecule has 1 fully saturated rings. The average molecular weight is 610 g/mol. The summed E-state index contributed by atoms with van der Waals surface area (Å²) >= 11 is 0. The molecule has 0 spiro atoms. The summed E-state index contributed by atoms with van der Waals surface area (Å²) in [6, 6.07) is -0.620.